The fraction of sp³-hybridized carbons (Fsp3) is 0.875. The summed E-state index contributed by atoms with van der Waals surface area (Å²) >= 11 is 0. The number of nitrogens with zero attached hydrogens (tertiary/aromatic N) is 1. The van der Waals surface area contributed by atoms with Gasteiger partial charge in [0.05, 0.1) is 6.42 Å². The molecule has 6 heteroatoms. The van der Waals surface area contributed by atoms with Crippen molar-refractivity contribution in [3.8, 4) is 0 Å². The number of hydrogen-bond donors (Lipinski definition) is 1. The molecule has 0 aliphatic heterocycles. The van der Waals surface area contributed by atoms with E-state index >= 15 is 0 Å². The Bertz CT molecular complexity index is 182. The van der Waals surface area contributed by atoms with Crippen LogP contribution in [0.25, 0.3) is 0 Å². The van der Waals surface area contributed by atoms with Gasteiger partial charge < -0.3 is 10.6 Å². The van der Waals surface area contributed by atoms with Gasteiger partial charge in [-0.1, -0.05) is 0 Å². The maximum absolute atomic E-state index is 11.8. The second-order valence-corrected chi connectivity index (χ2v) is 3.07. The van der Waals surface area contributed by atoms with Gasteiger partial charge in [-0.15, -0.1) is 0 Å². The molecule has 0 spiro atoms. The monoisotopic (exact) mass is 212 g/mol. The van der Waals surface area contributed by atoms with Gasteiger partial charge in [-0.3, -0.25) is 4.79 Å². The molecule has 2 N–H and O–H groups in total. The maximum atomic E-state index is 11.8. The van der Waals surface area contributed by atoms with Crippen molar-refractivity contribution in [2.75, 3.05) is 20.1 Å². The quantitative estimate of drug-likeness (QED) is 0.742. The van der Waals surface area contributed by atoms with Crippen LogP contribution in [0.3, 0.4) is 0 Å². The number of amides is 1. The lowest BCUT2D eigenvalue weighted by molar-refractivity contribution is -0.144. The molecule has 0 heterocycles. The van der Waals surface area contributed by atoms with Crippen LogP contribution in [0.1, 0.15) is 19.3 Å². The molecule has 0 atom stereocenters. The highest BCUT2D eigenvalue weighted by molar-refractivity contribution is 5.75. The van der Waals surface area contributed by atoms with Crippen molar-refractivity contribution in [1.29, 1.82) is 0 Å². The molecule has 0 aromatic heterocycles. The van der Waals surface area contributed by atoms with E-state index in [1.807, 2.05) is 0 Å². The molecule has 0 rings (SSSR count). The average Bonchev–Trinajstić information content (AvgIpc) is 2.09. The predicted molar refractivity (Wildman–Crippen MR) is 46.6 cm³/mol. The highest BCUT2D eigenvalue weighted by Crippen LogP contribution is 2.19. The van der Waals surface area contributed by atoms with Crippen LogP contribution in [0.5, 0.6) is 0 Å². The zero-order chi connectivity index (χ0) is 11.2. The maximum Gasteiger partial charge on any atom is 0.390 e. The third-order valence-corrected chi connectivity index (χ3v) is 1.75. The topological polar surface area (TPSA) is 46.3 Å². The van der Waals surface area contributed by atoms with Crippen molar-refractivity contribution in [1.82, 2.24) is 4.90 Å². The van der Waals surface area contributed by atoms with Gasteiger partial charge in [-0.2, -0.15) is 13.2 Å². The van der Waals surface area contributed by atoms with Crippen molar-refractivity contribution in [2.45, 2.75) is 25.4 Å². The van der Waals surface area contributed by atoms with Crippen LogP contribution < -0.4 is 5.73 Å². The predicted octanol–water partition coefficient (Wildman–Crippen LogP) is 1.14. The second-order valence-electron chi connectivity index (χ2n) is 3.07. The Morgan fingerprint density at radius 1 is 1.43 bits per heavy atom. The van der Waals surface area contributed by atoms with Crippen LogP contribution in [-0.4, -0.2) is 37.1 Å². The molecule has 0 bridgehead atoms. The van der Waals surface area contributed by atoms with Crippen molar-refractivity contribution in [2.24, 2.45) is 5.73 Å². The van der Waals surface area contributed by atoms with Crippen LogP contribution in [-0.2, 0) is 4.79 Å². The second kappa shape index (κ2) is 5.85. The van der Waals surface area contributed by atoms with Crippen molar-refractivity contribution in [3.05, 3.63) is 0 Å². The molecule has 84 valence electrons. The van der Waals surface area contributed by atoms with E-state index in [2.05, 4.69) is 0 Å². The third kappa shape index (κ3) is 6.71. The highest BCUT2D eigenvalue weighted by Gasteiger charge is 2.27. The minimum absolute atomic E-state index is 0.213. The molecule has 1 amide bonds. The minimum Gasteiger partial charge on any atom is -0.345 e. The summed E-state index contributed by atoms with van der Waals surface area (Å²) in [5.74, 6) is -0.292. The number of halogens is 3. The van der Waals surface area contributed by atoms with E-state index in [1.54, 1.807) is 0 Å². The average molecular weight is 212 g/mol. The molecule has 0 aromatic carbocycles. The Kier molecular flexibility index (Phi) is 5.52. The normalized spacial score (nSPS) is 11.5. The first-order valence-corrected chi connectivity index (χ1v) is 4.37. The molecule has 0 aromatic rings. The first-order valence-electron chi connectivity index (χ1n) is 4.37. The van der Waals surface area contributed by atoms with Crippen LogP contribution in [0.15, 0.2) is 0 Å². The summed E-state index contributed by atoms with van der Waals surface area (Å²) in [6, 6.07) is 0. The zero-order valence-electron chi connectivity index (χ0n) is 8.10. The van der Waals surface area contributed by atoms with Crippen molar-refractivity contribution >= 4 is 5.91 Å². The van der Waals surface area contributed by atoms with Gasteiger partial charge in [0, 0.05) is 20.0 Å². The van der Waals surface area contributed by atoms with Crippen LogP contribution in [0, 0.1) is 0 Å². The van der Waals surface area contributed by atoms with E-state index in [4.69, 9.17) is 5.73 Å². The van der Waals surface area contributed by atoms with Crippen LogP contribution in [0.2, 0.25) is 0 Å². The number of carbonyl (C=O) groups is 1. The fourth-order valence-electron chi connectivity index (χ4n) is 0.863. The summed E-state index contributed by atoms with van der Waals surface area (Å²) in [6.07, 6.45) is -4.44. The van der Waals surface area contributed by atoms with Gasteiger partial charge in [0.2, 0.25) is 5.91 Å². The Hall–Kier alpha value is -0.780. The lowest BCUT2D eigenvalue weighted by Crippen LogP contribution is -2.30. The zero-order valence-corrected chi connectivity index (χ0v) is 8.10. The summed E-state index contributed by atoms with van der Waals surface area (Å²) in [5.41, 5.74) is 5.17. The summed E-state index contributed by atoms with van der Waals surface area (Å²) in [5, 5.41) is 0. The molecule has 0 saturated heterocycles. The van der Waals surface area contributed by atoms with Crippen molar-refractivity contribution in [3.63, 3.8) is 0 Å². The Labute approximate surface area is 81.1 Å². The molecule has 0 fully saturated rings. The molecular formula is C8H15F3N2O. The molecule has 3 nitrogen and oxygen atoms in total. The van der Waals surface area contributed by atoms with Gasteiger partial charge in [-0.05, 0) is 13.0 Å². The number of carbonyl (C=O) groups excluding carboxylic acids is 1. The van der Waals surface area contributed by atoms with E-state index in [-0.39, 0.29) is 18.9 Å². The number of rotatable bonds is 5. The van der Waals surface area contributed by atoms with E-state index in [1.165, 1.54) is 7.05 Å². The summed E-state index contributed by atoms with van der Waals surface area (Å²) < 4.78 is 35.3. The lowest BCUT2D eigenvalue weighted by Gasteiger charge is -2.17. The molecule has 0 radical (unpaired) electrons. The van der Waals surface area contributed by atoms with E-state index in [9.17, 15) is 18.0 Å². The lowest BCUT2D eigenvalue weighted by atomic mass is 10.2. The molecule has 0 aliphatic carbocycles. The van der Waals surface area contributed by atoms with Crippen LogP contribution in [0.4, 0.5) is 13.2 Å². The smallest absolute Gasteiger partial charge is 0.345 e. The molecule has 0 unspecified atom stereocenters. The Morgan fingerprint density at radius 2 is 2.00 bits per heavy atom. The Morgan fingerprint density at radius 3 is 2.43 bits per heavy atom. The van der Waals surface area contributed by atoms with E-state index in [0.717, 1.165) is 4.90 Å². The van der Waals surface area contributed by atoms with Crippen molar-refractivity contribution < 1.29 is 18.0 Å². The summed E-state index contributed by atoms with van der Waals surface area (Å²) in [6.45, 7) is 0.0890. The SMILES string of the molecule is CN(CCC(F)(F)F)C(=O)CCCN. The van der Waals surface area contributed by atoms with Gasteiger partial charge in [0.1, 0.15) is 0 Å². The number of nitrogens with two attached hydrogens (primary N) is 1. The highest BCUT2D eigenvalue weighted by atomic mass is 19.4. The Balaban J connectivity index is 3.73. The summed E-state index contributed by atoms with van der Waals surface area (Å²) in [4.78, 5) is 12.2. The number of hydrogen-bond acceptors (Lipinski definition) is 2. The third-order valence-electron chi connectivity index (χ3n) is 1.75. The number of alkyl halides is 3. The summed E-state index contributed by atoms with van der Waals surface area (Å²) in [7, 11) is 1.37. The first-order chi connectivity index (χ1) is 6.37. The molecule has 0 saturated carbocycles. The minimum atomic E-state index is -4.21. The largest absolute Gasteiger partial charge is 0.390 e. The van der Waals surface area contributed by atoms with E-state index in [0.29, 0.717) is 13.0 Å². The van der Waals surface area contributed by atoms with Gasteiger partial charge in [-0.25, -0.2) is 0 Å². The first kappa shape index (κ1) is 13.2. The standard InChI is InChI=1S/C8H15F3N2O/c1-13(6-4-8(9,10)11)7(14)3-2-5-12/h2-6,12H2,1H3. The van der Waals surface area contributed by atoms with Gasteiger partial charge in [0.15, 0.2) is 0 Å². The molecule has 14 heavy (non-hydrogen) atoms. The van der Waals surface area contributed by atoms with Gasteiger partial charge >= 0.3 is 6.18 Å². The molecular weight excluding hydrogens is 197 g/mol. The van der Waals surface area contributed by atoms with Gasteiger partial charge in [0.25, 0.3) is 0 Å². The molecule has 0 aliphatic rings. The fourth-order valence-corrected chi connectivity index (χ4v) is 0.863. The van der Waals surface area contributed by atoms with E-state index < -0.39 is 12.6 Å². The van der Waals surface area contributed by atoms with Crippen LogP contribution >= 0.6 is 0 Å².